The van der Waals surface area contributed by atoms with Crippen molar-refractivity contribution in [3.8, 4) is 0 Å². The van der Waals surface area contributed by atoms with Crippen LogP contribution in [0.5, 0.6) is 0 Å². The number of rotatable bonds is 10. The van der Waals surface area contributed by atoms with Gasteiger partial charge in [-0.3, -0.25) is 4.79 Å². The molecule has 0 aromatic heterocycles. The minimum Gasteiger partial charge on any atom is -0.461 e. The highest BCUT2D eigenvalue weighted by Gasteiger charge is 2.53. The van der Waals surface area contributed by atoms with Crippen molar-refractivity contribution in [1.82, 2.24) is 0 Å². The zero-order valence-electron chi connectivity index (χ0n) is 19.6. The Morgan fingerprint density at radius 3 is 2.55 bits per heavy atom. The van der Waals surface area contributed by atoms with Crippen LogP contribution >= 0.6 is 0 Å². The van der Waals surface area contributed by atoms with E-state index in [1.165, 1.54) is 39.0 Å². The van der Waals surface area contributed by atoms with Gasteiger partial charge in [-0.2, -0.15) is 0 Å². The van der Waals surface area contributed by atoms with Gasteiger partial charge < -0.3 is 14.3 Å². The molecule has 168 valence electrons. The summed E-state index contributed by atoms with van der Waals surface area (Å²) in [5.41, 5.74) is 1.16. The van der Waals surface area contributed by atoms with Crippen molar-refractivity contribution in [2.75, 3.05) is 6.61 Å². The molecule has 29 heavy (non-hydrogen) atoms. The molecule has 0 spiro atoms. The predicted molar refractivity (Wildman–Crippen MR) is 121 cm³/mol. The zero-order chi connectivity index (χ0) is 21.8. The SMILES string of the molecule is C=C(COC(C)=O)CC(O)CC[C@@H](C)[C@H]1CCC2C(O[Si](C)(C)C)CCC[C@]21C. The van der Waals surface area contributed by atoms with E-state index in [1.54, 1.807) is 0 Å². The molecule has 5 heteroatoms. The minimum atomic E-state index is -1.52. The average molecular weight is 425 g/mol. The first-order chi connectivity index (χ1) is 13.4. The Kier molecular flexibility index (Phi) is 8.58. The van der Waals surface area contributed by atoms with Gasteiger partial charge in [-0.05, 0) is 93.3 Å². The highest BCUT2D eigenvalue weighted by atomic mass is 28.4. The van der Waals surface area contributed by atoms with Crippen molar-refractivity contribution in [2.24, 2.45) is 23.2 Å². The summed E-state index contributed by atoms with van der Waals surface area (Å²) in [6.45, 7) is 17.4. The van der Waals surface area contributed by atoms with Gasteiger partial charge in [0, 0.05) is 13.0 Å². The van der Waals surface area contributed by atoms with Crippen LogP contribution in [-0.2, 0) is 14.0 Å². The van der Waals surface area contributed by atoms with Crippen LogP contribution in [0.2, 0.25) is 19.6 Å². The quantitative estimate of drug-likeness (QED) is 0.277. The molecular formula is C24H44O4Si. The molecule has 2 aliphatic rings. The lowest BCUT2D eigenvalue weighted by atomic mass is 9.61. The van der Waals surface area contributed by atoms with Crippen molar-refractivity contribution >= 4 is 14.3 Å². The summed E-state index contributed by atoms with van der Waals surface area (Å²) >= 11 is 0. The molecule has 0 aromatic carbocycles. The number of esters is 1. The van der Waals surface area contributed by atoms with E-state index in [1.807, 2.05) is 0 Å². The molecule has 1 N–H and O–H groups in total. The Balaban J connectivity index is 1.87. The van der Waals surface area contributed by atoms with Crippen molar-refractivity contribution < 1.29 is 19.1 Å². The lowest BCUT2D eigenvalue weighted by Crippen LogP contribution is -2.46. The Bertz CT molecular complexity index is 570. The average Bonchev–Trinajstić information content (AvgIpc) is 2.95. The maximum absolute atomic E-state index is 10.9. The van der Waals surface area contributed by atoms with Crippen LogP contribution in [0.15, 0.2) is 12.2 Å². The van der Waals surface area contributed by atoms with Crippen molar-refractivity contribution in [3.63, 3.8) is 0 Å². The minimum absolute atomic E-state index is 0.211. The lowest BCUT2D eigenvalue weighted by molar-refractivity contribution is -0.140. The number of aliphatic hydroxyl groups excluding tert-OH is 1. The monoisotopic (exact) mass is 424 g/mol. The summed E-state index contributed by atoms with van der Waals surface area (Å²) < 4.78 is 11.6. The first kappa shape index (κ1) is 24.6. The van der Waals surface area contributed by atoms with E-state index in [4.69, 9.17) is 9.16 Å². The molecule has 2 rings (SSSR count). The number of ether oxygens (including phenoxy) is 1. The molecular weight excluding hydrogens is 380 g/mol. The summed E-state index contributed by atoms with van der Waals surface area (Å²) in [5.74, 6) is 1.72. The second kappa shape index (κ2) is 10.1. The van der Waals surface area contributed by atoms with Gasteiger partial charge in [0.15, 0.2) is 8.32 Å². The van der Waals surface area contributed by atoms with Gasteiger partial charge in [0.2, 0.25) is 0 Å². The third-order valence-corrected chi connectivity index (χ3v) is 8.30. The number of hydrogen-bond acceptors (Lipinski definition) is 4. The molecule has 0 bridgehead atoms. The summed E-state index contributed by atoms with van der Waals surface area (Å²) in [6, 6.07) is 0. The van der Waals surface area contributed by atoms with Crippen LogP contribution in [0.25, 0.3) is 0 Å². The second-order valence-corrected chi connectivity index (χ2v) is 15.4. The summed E-state index contributed by atoms with van der Waals surface area (Å²) in [5, 5.41) is 10.4. The third-order valence-electron chi connectivity index (χ3n) is 7.29. The van der Waals surface area contributed by atoms with E-state index in [2.05, 4.69) is 40.1 Å². The van der Waals surface area contributed by atoms with Crippen molar-refractivity contribution in [3.05, 3.63) is 12.2 Å². The molecule has 4 nitrogen and oxygen atoms in total. The van der Waals surface area contributed by atoms with Crippen molar-refractivity contribution in [2.45, 2.75) is 104 Å². The first-order valence-electron chi connectivity index (χ1n) is 11.6. The second-order valence-electron chi connectivity index (χ2n) is 10.9. The Labute approximate surface area is 179 Å². The molecule has 2 aliphatic carbocycles. The standard InChI is InChI=1S/C24H44O4Si/c1-17(16-27-19(3)25)15-20(26)11-10-18(2)21-12-13-22-23(28-29(5,6)7)9-8-14-24(21,22)4/h18,20-23,26H,1,8-16H2,2-7H3/t18-,20?,21-,22?,23?,24+/m1/s1. The van der Waals surface area contributed by atoms with Crippen LogP contribution in [-0.4, -0.2) is 38.2 Å². The fourth-order valence-corrected chi connectivity index (χ4v) is 7.23. The molecule has 0 aromatic rings. The Morgan fingerprint density at radius 2 is 1.93 bits per heavy atom. The Hall–Kier alpha value is -0.653. The van der Waals surface area contributed by atoms with Gasteiger partial charge in [-0.15, -0.1) is 0 Å². The number of fused-ring (bicyclic) bond motifs is 1. The predicted octanol–water partition coefficient (Wildman–Crippen LogP) is 5.71. The summed E-state index contributed by atoms with van der Waals surface area (Å²) in [6.07, 6.45) is 8.80. The zero-order valence-corrected chi connectivity index (χ0v) is 20.6. The molecule has 0 amide bonds. The molecule has 6 atom stereocenters. The normalized spacial score (nSPS) is 31.8. The van der Waals surface area contributed by atoms with Gasteiger partial charge in [0.25, 0.3) is 0 Å². The largest absolute Gasteiger partial charge is 0.461 e. The lowest BCUT2D eigenvalue weighted by Gasteiger charge is -2.48. The highest BCUT2D eigenvalue weighted by Crippen LogP contribution is 2.59. The van der Waals surface area contributed by atoms with E-state index >= 15 is 0 Å². The highest BCUT2D eigenvalue weighted by molar-refractivity contribution is 6.69. The molecule has 3 unspecified atom stereocenters. The smallest absolute Gasteiger partial charge is 0.302 e. The van der Waals surface area contributed by atoms with E-state index in [-0.39, 0.29) is 12.6 Å². The number of carbonyl (C=O) groups is 1. The van der Waals surface area contributed by atoms with E-state index in [9.17, 15) is 9.90 Å². The maximum Gasteiger partial charge on any atom is 0.302 e. The molecule has 2 fully saturated rings. The Morgan fingerprint density at radius 1 is 1.24 bits per heavy atom. The maximum atomic E-state index is 10.9. The van der Waals surface area contributed by atoms with Crippen LogP contribution in [0.4, 0.5) is 0 Å². The first-order valence-corrected chi connectivity index (χ1v) is 15.0. The molecule has 0 radical (unpaired) electrons. The summed E-state index contributed by atoms with van der Waals surface area (Å²) in [4.78, 5) is 10.9. The fourth-order valence-electron chi connectivity index (χ4n) is 6.04. The molecule has 0 saturated heterocycles. The van der Waals surface area contributed by atoms with Crippen LogP contribution in [0.3, 0.4) is 0 Å². The number of carbonyl (C=O) groups excluding carboxylic acids is 1. The van der Waals surface area contributed by atoms with Gasteiger partial charge in [0.1, 0.15) is 6.61 Å². The number of hydrogen-bond donors (Lipinski definition) is 1. The van der Waals surface area contributed by atoms with Gasteiger partial charge in [-0.1, -0.05) is 26.8 Å². The van der Waals surface area contributed by atoms with Gasteiger partial charge >= 0.3 is 5.97 Å². The van der Waals surface area contributed by atoms with Gasteiger partial charge in [0.05, 0.1) is 6.10 Å². The fraction of sp³-hybridized carbons (Fsp3) is 0.875. The van der Waals surface area contributed by atoms with Crippen molar-refractivity contribution in [1.29, 1.82) is 0 Å². The summed E-state index contributed by atoms with van der Waals surface area (Å²) in [7, 11) is -1.52. The van der Waals surface area contributed by atoms with E-state index in [0.29, 0.717) is 29.8 Å². The van der Waals surface area contributed by atoms with E-state index < -0.39 is 14.4 Å². The topological polar surface area (TPSA) is 55.8 Å². The molecule has 0 heterocycles. The van der Waals surface area contributed by atoms with Crippen LogP contribution in [0, 0.1) is 23.2 Å². The van der Waals surface area contributed by atoms with Crippen LogP contribution in [0.1, 0.15) is 72.1 Å². The number of aliphatic hydroxyl groups is 1. The van der Waals surface area contributed by atoms with Gasteiger partial charge in [-0.25, -0.2) is 0 Å². The molecule has 2 saturated carbocycles. The molecule has 0 aliphatic heterocycles. The van der Waals surface area contributed by atoms with Crippen LogP contribution < -0.4 is 0 Å². The van der Waals surface area contributed by atoms with E-state index in [0.717, 1.165) is 24.3 Å². The third kappa shape index (κ3) is 6.93.